The molecule has 8 heteroatoms. The van der Waals surface area contributed by atoms with Crippen LogP contribution in [0.5, 0.6) is 0 Å². The van der Waals surface area contributed by atoms with E-state index in [9.17, 15) is 22.8 Å². The van der Waals surface area contributed by atoms with E-state index in [0.717, 1.165) is 28.7 Å². The van der Waals surface area contributed by atoms with E-state index >= 15 is 0 Å². The molecule has 0 atom stereocenters. The lowest BCUT2D eigenvalue weighted by atomic mass is 10.0. The molecule has 1 aliphatic heterocycles. The first-order valence-corrected chi connectivity index (χ1v) is 9.51. The van der Waals surface area contributed by atoms with Crippen molar-refractivity contribution in [2.75, 3.05) is 10.2 Å². The van der Waals surface area contributed by atoms with Gasteiger partial charge in [0.1, 0.15) is 11.5 Å². The summed E-state index contributed by atoms with van der Waals surface area (Å²) < 4.78 is 40.6. The molecule has 0 saturated heterocycles. The molecule has 0 saturated carbocycles. The summed E-state index contributed by atoms with van der Waals surface area (Å²) in [6.07, 6.45) is 0. The number of nitrogens with zero attached hydrogens (tertiary/aromatic N) is 1. The van der Waals surface area contributed by atoms with Crippen molar-refractivity contribution >= 4 is 40.4 Å². The maximum atomic E-state index is 13.7. The Kier molecular flexibility index (Phi) is 5.29. The van der Waals surface area contributed by atoms with Gasteiger partial charge in [0.15, 0.2) is 11.6 Å². The van der Waals surface area contributed by atoms with Gasteiger partial charge in [-0.15, -0.1) is 0 Å². The molecule has 1 heterocycles. The molecular formula is C23H14ClF3N2O2. The second-order valence-corrected chi connectivity index (χ2v) is 7.32. The number of amides is 2. The predicted octanol–water partition coefficient (Wildman–Crippen LogP) is 5.46. The molecular weight excluding hydrogens is 429 g/mol. The summed E-state index contributed by atoms with van der Waals surface area (Å²) in [6.45, 7) is 1.87. The van der Waals surface area contributed by atoms with Crippen LogP contribution in [0.4, 0.5) is 24.5 Å². The third kappa shape index (κ3) is 3.80. The number of anilines is 2. The zero-order valence-electron chi connectivity index (χ0n) is 16.0. The number of carbonyl (C=O) groups excluding carboxylic acids is 2. The fourth-order valence-electron chi connectivity index (χ4n) is 3.21. The van der Waals surface area contributed by atoms with Crippen molar-refractivity contribution in [3.8, 4) is 0 Å². The highest BCUT2D eigenvalue weighted by Crippen LogP contribution is 2.35. The lowest BCUT2D eigenvalue weighted by molar-refractivity contribution is -0.120. The highest BCUT2D eigenvalue weighted by molar-refractivity contribution is 6.46. The molecule has 3 aromatic carbocycles. The molecule has 3 aromatic rings. The summed E-state index contributed by atoms with van der Waals surface area (Å²) in [5, 5.41) is 2.48. The second-order valence-electron chi connectivity index (χ2n) is 6.91. The summed E-state index contributed by atoms with van der Waals surface area (Å²) in [4.78, 5) is 27.3. The van der Waals surface area contributed by atoms with Gasteiger partial charge < -0.3 is 5.32 Å². The summed E-state index contributed by atoms with van der Waals surface area (Å²) in [5.41, 5.74) is 1.46. The third-order valence-corrected chi connectivity index (χ3v) is 5.06. The van der Waals surface area contributed by atoms with Gasteiger partial charge in [0, 0.05) is 11.8 Å². The fraction of sp³-hybridized carbons (Fsp3) is 0.0435. The van der Waals surface area contributed by atoms with Gasteiger partial charge in [-0.1, -0.05) is 41.4 Å². The summed E-state index contributed by atoms with van der Waals surface area (Å²) >= 11 is 5.83. The van der Waals surface area contributed by atoms with Gasteiger partial charge in [-0.3, -0.25) is 9.59 Å². The molecule has 0 fully saturated rings. The van der Waals surface area contributed by atoms with E-state index in [-0.39, 0.29) is 27.7 Å². The maximum absolute atomic E-state index is 13.7. The average molecular weight is 443 g/mol. The maximum Gasteiger partial charge on any atom is 0.282 e. The molecule has 31 heavy (non-hydrogen) atoms. The standard InChI is InChI=1S/C23H14ClF3N2O2/c1-12-2-4-13(5-3-12)20-21(28-14-6-8-18(26)19(27)10-14)23(31)29(22(20)30)15-7-9-17(25)16(24)11-15/h2-11,28H,1H3. The molecule has 0 bridgehead atoms. The Morgan fingerprint density at radius 3 is 2.13 bits per heavy atom. The Morgan fingerprint density at radius 1 is 0.806 bits per heavy atom. The number of aryl methyl sites for hydroxylation is 1. The Bertz CT molecular complexity index is 1260. The van der Waals surface area contributed by atoms with E-state index in [1.165, 1.54) is 18.2 Å². The van der Waals surface area contributed by atoms with Gasteiger partial charge in [-0.05, 0) is 42.8 Å². The van der Waals surface area contributed by atoms with Gasteiger partial charge >= 0.3 is 0 Å². The minimum atomic E-state index is -1.11. The largest absolute Gasteiger partial charge is 0.350 e. The summed E-state index contributed by atoms with van der Waals surface area (Å²) in [5.74, 6) is -4.26. The van der Waals surface area contributed by atoms with E-state index < -0.39 is 29.3 Å². The summed E-state index contributed by atoms with van der Waals surface area (Å²) in [7, 11) is 0. The average Bonchev–Trinajstić information content (AvgIpc) is 2.97. The van der Waals surface area contributed by atoms with Crippen LogP contribution < -0.4 is 10.2 Å². The van der Waals surface area contributed by atoms with Crippen molar-refractivity contribution in [1.82, 2.24) is 0 Å². The molecule has 0 aliphatic carbocycles. The van der Waals surface area contributed by atoms with E-state index in [1.807, 2.05) is 6.92 Å². The molecule has 1 aliphatic rings. The third-order valence-electron chi connectivity index (χ3n) is 4.77. The topological polar surface area (TPSA) is 49.4 Å². The molecule has 0 aromatic heterocycles. The number of nitrogens with one attached hydrogen (secondary N) is 1. The van der Waals surface area contributed by atoms with Crippen molar-refractivity contribution in [3.63, 3.8) is 0 Å². The van der Waals surface area contributed by atoms with Crippen molar-refractivity contribution in [2.24, 2.45) is 0 Å². The van der Waals surface area contributed by atoms with Crippen molar-refractivity contribution in [1.29, 1.82) is 0 Å². The van der Waals surface area contributed by atoms with Crippen LogP contribution in [0.25, 0.3) is 5.57 Å². The SMILES string of the molecule is Cc1ccc(C2=C(Nc3ccc(F)c(F)c3)C(=O)N(c3ccc(F)c(Cl)c3)C2=O)cc1. The molecule has 156 valence electrons. The number of imide groups is 1. The van der Waals surface area contributed by atoms with Gasteiger partial charge in [0.05, 0.1) is 16.3 Å². The Balaban J connectivity index is 1.83. The lowest BCUT2D eigenvalue weighted by Crippen LogP contribution is -2.32. The first-order chi connectivity index (χ1) is 14.8. The van der Waals surface area contributed by atoms with E-state index in [0.29, 0.717) is 5.56 Å². The zero-order chi connectivity index (χ0) is 22.3. The monoisotopic (exact) mass is 442 g/mol. The van der Waals surface area contributed by atoms with Crippen LogP contribution in [-0.2, 0) is 9.59 Å². The van der Waals surface area contributed by atoms with Crippen molar-refractivity contribution < 1.29 is 22.8 Å². The number of hydrogen-bond acceptors (Lipinski definition) is 3. The normalized spacial score (nSPS) is 13.9. The second kappa shape index (κ2) is 7.92. The van der Waals surface area contributed by atoms with Crippen LogP contribution in [0, 0.1) is 24.4 Å². The zero-order valence-corrected chi connectivity index (χ0v) is 16.8. The van der Waals surface area contributed by atoms with E-state index in [2.05, 4.69) is 5.32 Å². The van der Waals surface area contributed by atoms with Gasteiger partial charge in [-0.2, -0.15) is 0 Å². The molecule has 4 nitrogen and oxygen atoms in total. The number of benzene rings is 3. The van der Waals surface area contributed by atoms with Gasteiger partial charge in [0.2, 0.25) is 0 Å². The molecule has 2 amide bonds. The Labute approximate surface area is 180 Å². The fourth-order valence-corrected chi connectivity index (χ4v) is 3.39. The highest BCUT2D eigenvalue weighted by Gasteiger charge is 2.40. The minimum Gasteiger partial charge on any atom is -0.350 e. The molecule has 0 spiro atoms. The molecule has 1 N–H and O–H groups in total. The van der Waals surface area contributed by atoms with Crippen LogP contribution in [0.2, 0.25) is 5.02 Å². The Morgan fingerprint density at radius 2 is 1.48 bits per heavy atom. The number of rotatable bonds is 4. The van der Waals surface area contributed by atoms with Crippen LogP contribution in [-0.4, -0.2) is 11.8 Å². The molecule has 0 unspecified atom stereocenters. The minimum absolute atomic E-state index is 0.0372. The van der Waals surface area contributed by atoms with Crippen LogP contribution in [0.3, 0.4) is 0 Å². The number of hydrogen-bond donors (Lipinski definition) is 1. The quantitative estimate of drug-likeness (QED) is 0.546. The van der Waals surface area contributed by atoms with Crippen molar-refractivity contribution in [3.05, 3.63) is 100.0 Å². The highest BCUT2D eigenvalue weighted by atomic mass is 35.5. The Hall–Kier alpha value is -3.58. The number of carbonyl (C=O) groups is 2. The lowest BCUT2D eigenvalue weighted by Gasteiger charge is -2.16. The number of halogens is 4. The molecule has 4 rings (SSSR count). The van der Waals surface area contributed by atoms with E-state index in [4.69, 9.17) is 11.6 Å². The van der Waals surface area contributed by atoms with Crippen molar-refractivity contribution in [2.45, 2.75) is 6.92 Å². The van der Waals surface area contributed by atoms with Crippen LogP contribution >= 0.6 is 11.6 Å². The summed E-state index contributed by atoms with van der Waals surface area (Å²) in [6, 6.07) is 13.4. The molecule has 0 radical (unpaired) electrons. The van der Waals surface area contributed by atoms with Crippen LogP contribution in [0.1, 0.15) is 11.1 Å². The van der Waals surface area contributed by atoms with Crippen LogP contribution in [0.15, 0.2) is 66.4 Å². The first-order valence-electron chi connectivity index (χ1n) is 9.13. The van der Waals surface area contributed by atoms with Gasteiger partial charge in [-0.25, -0.2) is 18.1 Å². The first kappa shape index (κ1) is 20.7. The van der Waals surface area contributed by atoms with Gasteiger partial charge in [0.25, 0.3) is 11.8 Å². The van der Waals surface area contributed by atoms with E-state index in [1.54, 1.807) is 24.3 Å². The predicted molar refractivity (Wildman–Crippen MR) is 112 cm³/mol. The smallest absolute Gasteiger partial charge is 0.282 e.